The highest BCUT2D eigenvalue weighted by Gasteiger charge is 2.61. The summed E-state index contributed by atoms with van der Waals surface area (Å²) in [6, 6.07) is 7.87. The molecule has 1 aromatic rings. The van der Waals surface area contributed by atoms with E-state index in [1.54, 1.807) is 13.8 Å². The van der Waals surface area contributed by atoms with Crippen molar-refractivity contribution in [3.8, 4) is 0 Å². The second kappa shape index (κ2) is 12.1. The molecule has 2 heterocycles. The Hall–Kier alpha value is -2.47. The smallest absolute Gasteiger partial charge is 0.306 e. The molecule has 0 aromatic heterocycles. The number of unbranched alkanes of at least 4 members (excludes halogenated alkanes) is 7. The third-order valence-electron chi connectivity index (χ3n) is 8.72. The molecule has 2 aliphatic heterocycles. The number of Topliss-reactive ketones (excluding diaryl/α,β-unsaturated/α-hetero) is 2. The van der Waals surface area contributed by atoms with Gasteiger partial charge in [-0.25, -0.2) is 0 Å². The SMILES string of the molecule is CCCCCCCCCC(=O)O[C@@]12CCO[C@@H]1N(C[C@]1(C)C(=O)C(C)=C(CCCC)C1=O)c1ccccc12. The highest BCUT2D eigenvalue weighted by molar-refractivity contribution is 6.27. The van der Waals surface area contributed by atoms with Crippen LogP contribution in [0.1, 0.15) is 110 Å². The second-order valence-corrected chi connectivity index (χ2v) is 11.6. The molecule has 1 aromatic carbocycles. The van der Waals surface area contributed by atoms with Crippen molar-refractivity contribution in [3.63, 3.8) is 0 Å². The van der Waals surface area contributed by atoms with E-state index in [1.165, 1.54) is 25.7 Å². The Labute approximate surface area is 228 Å². The third kappa shape index (κ3) is 5.21. The molecule has 0 unspecified atom stereocenters. The molecule has 38 heavy (non-hydrogen) atoms. The number of ketones is 2. The van der Waals surface area contributed by atoms with E-state index in [0.29, 0.717) is 37.0 Å². The van der Waals surface area contributed by atoms with Gasteiger partial charge in [-0.15, -0.1) is 0 Å². The number of ether oxygens (including phenoxy) is 2. The van der Waals surface area contributed by atoms with E-state index in [2.05, 4.69) is 13.8 Å². The lowest BCUT2D eigenvalue weighted by Crippen LogP contribution is -2.51. The maximum absolute atomic E-state index is 13.6. The molecule has 3 aliphatic rings. The number of hydrogen-bond donors (Lipinski definition) is 0. The fourth-order valence-electron chi connectivity index (χ4n) is 6.50. The molecule has 1 aliphatic carbocycles. The van der Waals surface area contributed by atoms with Gasteiger partial charge in [-0.3, -0.25) is 14.4 Å². The number of nitrogens with zero attached hydrogens (tertiary/aromatic N) is 1. The summed E-state index contributed by atoms with van der Waals surface area (Å²) in [6.07, 6.45) is 10.9. The molecule has 6 nitrogen and oxygen atoms in total. The summed E-state index contributed by atoms with van der Waals surface area (Å²) in [6.45, 7) is 8.52. The average molecular weight is 524 g/mol. The van der Waals surface area contributed by atoms with Crippen LogP contribution >= 0.6 is 0 Å². The number of hydrogen-bond acceptors (Lipinski definition) is 6. The quantitative estimate of drug-likeness (QED) is 0.152. The molecule has 0 bridgehead atoms. The molecule has 0 saturated carbocycles. The van der Waals surface area contributed by atoms with E-state index < -0.39 is 17.2 Å². The molecule has 0 radical (unpaired) electrons. The van der Waals surface area contributed by atoms with E-state index in [4.69, 9.17) is 9.47 Å². The van der Waals surface area contributed by atoms with Crippen molar-refractivity contribution >= 4 is 23.2 Å². The van der Waals surface area contributed by atoms with E-state index in [-0.39, 0.29) is 24.1 Å². The van der Waals surface area contributed by atoms with Crippen LogP contribution in [-0.2, 0) is 29.5 Å². The summed E-state index contributed by atoms with van der Waals surface area (Å²) in [5.41, 5.74) is 0.966. The number of allylic oxidation sites excluding steroid dienone is 2. The minimum Gasteiger partial charge on any atom is -0.449 e. The molecule has 208 valence electrons. The van der Waals surface area contributed by atoms with Gasteiger partial charge in [0.1, 0.15) is 5.41 Å². The first kappa shape index (κ1) is 28.5. The van der Waals surface area contributed by atoms with E-state index >= 15 is 0 Å². The fourth-order valence-corrected chi connectivity index (χ4v) is 6.50. The number of esters is 1. The zero-order valence-corrected chi connectivity index (χ0v) is 23.8. The van der Waals surface area contributed by atoms with Crippen LogP contribution < -0.4 is 4.90 Å². The molecule has 0 N–H and O–H groups in total. The van der Waals surface area contributed by atoms with Gasteiger partial charge in [-0.2, -0.15) is 0 Å². The number of fused-ring (bicyclic) bond motifs is 3. The molecule has 4 rings (SSSR count). The van der Waals surface area contributed by atoms with Gasteiger partial charge < -0.3 is 14.4 Å². The average Bonchev–Trinajstić information content (AvgIpc) is 3.48. The molecule has 1 fully saturated rings. The lowest BCUT2D eigenvalue weighted by Gasteiger charge is -2.35. The number of benzene rings is 1. The Kier molecular flexibility index (Phi) is 9.12. The first-order chi connectivity index (χ1) is 18.3. The van der Waals surface area contributed by atoms with Gasteiger partial charge in [0.2, 0.25) is 0 Å². The summed E-state index contributed by atoms with van der Waals surface area (Å²) in [4.78, 5) is 42.1. The van der Waals surface area contributed by atoms with Gasteiger partial charge >= 0.3 is 5.97 Å². The van der Waals surface area contributed by atoms with Crippen molar-refractivity contribution in [2.24, 2.45) is 5.41 Å². The Morgan fingerprint density at radius 1 is 1.00 bits per heavy atom. The van der Waals surface area contributed by atoms with Crippen LogP contribution in [0.4, 0.5) is 5.69 Å². The van der Waals surface area contributed by atoms with Gasteiger partial charge in [-0.05, 0) is 44.7 Å². The van der Waals surface area contributed by atoms with Crippen molar-refractivity contribution in [2.45, 2.75) is 117 Å². The van der Waals surface area contributed by atoms with Gasteiger partial charge in [0, 0.05) is 36.2 Å². The van der Waals surface area contributed by atoms with Crippen LogP contribution in [0.5, 0.6) is 0 Å². The second-order valence-electron chi connectivity index (χ2n) is 11.6. The predicted octanol–water partition coefficient (Wildman–Crippen LogP) is 6.80. The Morgan fingerprint density at radius 3 is 2.42 bits per heavy atom. The Balaban J connectivity index is 1.49. The van der Waals surface area contributed by atoms with Crippen molar-refractivity contribution in [3.05, 3.63) is 41.0 Å². The highest BCUT2D eigenvalue weighted by Crippen LogP contribution is 2.53. The standard InChI is InChI=1S/C32H45NO5/c1-5-7-9-10-11-12-13-19-27(34)38-32-20-21-37-30(32)33(26-18-15-14-17-25(26)32)22-31(4)28(35)23(3)24(29(31)36)16-8-6-2/h14-15,17-18,30H,5-13,16,19-22H2,1-4H3/t30-,31+,32+/m0/s1. The molecule has 3 atom stereocenters. The van der Waals surface area contributed by atoms with Gasteiger partial charge in [0.15, 0.2) is 23.4 Å². The lowest BCUT2D eigenvalue weighted by atomic mass is 9.82. The van der Waals surface area contributed by atoms with Crippen LogP contribution in [0.15, 0.2) is 35.4 Å². The van der Waals surface area contributed by atoms with Gasteiger partial charge in [0.25, 0.3) is 0 Å². The molecular formula is C32H45NO5. The monoisotopic (exact) mass is 523 g/mol. The zero-order chi connectivity index (χ0) is 27.3. The Morgan fingerprint density at radius 2 is 1.68 bits per heavy atom. The minimum atomic E-state index is -1.18. The van der Waals surface area contributed by atoms with Crippen molar-refractivity contribution in [1.29, 1.82) is 0 Å². The molecule has 0 spiro atoms. The molecule has 0 amide bonds. The molecule has 1 saturated heterocycles. The van der Waals surface area contributed by atoms with Crippen molar-refractivity contribution in [1.82, 2.24) is 0 Å². The van der Waals surface area contributed by atoms with Crippen LogP contribution in [0.2, 0.25) is 0 Å². The maximum Gasteiger partial charge on any atom is 0.306 e. The summed E-state index contributed by atoms with van der Waals surface area (Å²) in [5, 5.41) is 0. The summed E-state index contributed by atoms with van der Waals surface area (Å²) >= 11 is 0. The first-order valence-electron chi connectivity index (χ1n) is 14.8. The number of para-hydroxylation sites is 1. The van der Waals surface area contributed by atoms with Crippen molar-refractivity contribution < 1.29 is 23.9 Å². The fraction of sp³-hybridized carbons (Fsp3) is 0.656. The highest BCUT2D eigenvalue weighted by atomic mass is 16.6. The van der Waals surface area contributed by atoms with Gasteiger partial charge in [0.05, 0.1) is 6.61 Å². The predicted molar refractivity (Wildman–Crippen MR) is 149 cm³/mol. The molecular weight excluding hydrogens is 478 g/mol. The first-order valence-corrected chi connectivity index (χ1v) is 14.8. The van der Waals surface area contributed by atoms with E-state index in [0.717, 1.165) is 43.4 Å². The normalized spacial score (nSPS) is 26.3. The van der Waals surface area contributed by atoms with E-state index in [1.807, 2.05) is 29.2 Å². The summed E-state index contributed by atoms with van der Waals surface area (Å²) in [5.74, 6) is -0.376. The van der Waals surface area contributed by atoms with Crippen LogP contribution in [-0.4, -0.2) is 36.9 Å². The molecule has 6 heteroatoms. The van der Waals surface area contributed by atoms with Crippen LogP contribution in [0.25, 0.3) is 0 Å². The number of rotatable bonds is 14. The van der Waals surface area contributed by atoms with Crippen molar-refractivity contribution in [2.75, 3.05) is 18.1 Å². The topological polar surface area (TPSA) is 72.9 Å². The Bertz CT molecular complexity index is 1080. The maximum atomic E-state index is 13.6. The van der Waals surface area contributed by atoms with Crippen LogP contribution in [0, 0.1) is 5.41 Å². The number of anilines is 1. The van der Waals surface area contributed by atoms with Crippen LogP contribution in [0.3, 0.4) is 0 Å². The van der Waals surface area contributed by atoms with Gasteiger partial charge in [-0.1, -0.05) is 77.0 Å². The third-order valence-corrected chi connectivity index (χ3v) is 8.72. The number of carbonyl (C=O) groups excluding carboxylic acids is 3. The lowest BCUT2D eigenvalue weighted by molar-refractivity contribution is -0.166. The van der Waals surface area contributed by atoms with E-state index in [9.17, 15) is 14.4 Å². The summed E-state index contributed by atoms with van der Waals surface area (Å²) < 4.78 is 12.5. The largest absolute Gasteiger partial charge is 0.449 e. The summed E-state index contributed by atoms with van der Waals surface area (Å²) in [7, 11) is 0. The minimum absolute atomic E-state index is 0.0719. The number of carbonyl (C=O) groups is 3. The zero-order valence-electron chi connectivity index (χ0n) is 23.8.